The fraction of sp³-hybridized carbons (Fsp3) is 0.292. The molecule has 0 aliphatic carbocycles. The number of hydrogen-bond acceptors (Lipinski definition) is 3. The summed E-state index contributed by atoms with van der Waals surface area (Å²) in [4.78, 5) is 32.0. The zero-order valence-corrected chi connectivity index (χ0v) is 18.0. The van der Waals surface area contributed by atoms with Gasteiger partial charge in [-0.2, -0.15) is 13.2 Å². The first-order valence-electron chi connectivity index (χ1n) is 10.1. The van der Waals surface area contributed by atoms with Crippen LogP contribution in [0.1, 0.15) is 48.4 Å². The Labute approximate surface area is 183 Å². The van der Waals surface area contributed by atoms with Gasteiger partial charge in [0.1, 0.15) is 11.5 Å². The predicted octanol–water partition coefficient (Wildman–Crippen LogP) is 5.06. The molecule has 0 bridgehead atoms. The van der Waals surface area contributed by atoms with E-state index in [9.17, 15) is 22.8 Å². The van der Waals surface area contributed by atoms with Crippen LogP contribution in [0.15, 0.2) is 65.5 Å². The molecule has 1 heterocycles. The van der Waals surface area contributed by atoms with Crippen molar-refractivity contribution in [2.24, 2.45) is 5.41 Å². The van der Waals surface area contributed by atoms with Crippen molar-refractivity contribution < 1.29 is 18.0 Å². The third-order valence-electron chi connectivity index (χ3n) is 4.88. The van der Waals surface area contributed by atoms with Gasteiger partial charge in [0.05, 0.1) is 12.5 Å². The zero-order chi connectivity index (χ0) is 23.5. The van der Waals surface area contributed by atoms with Crippen LogP contribution in [-0.4, -0.2) is 22.1 Å². The van der Waals surface area contributed by atoms with Gasteiger partial charge in [0.2, 0.25) is 0 Å². The highest BCUT2D eigenvalue weighted by molar-refractivity contribution is 5.92. The van der Waals surface area contributed by atoms with Crippen LogP contribution < -0.4 is 10.9 Å². The molecule has 3 aromatic rings. The van der Waals surface area contributed by atoms with Crippen molar-refractivity contribution in [1.82, 2.24) is 15.3 Å². The molecule has 0 unspecified atom stereocenters. The smallest absolute Gasteiger partial charge is 0.343 e. The van der Waals surface area contributed by atoms with E-state index in [0.717, 1.165) is 6.07 Å². The number of H-pyrrole nitrogens is 1. The van der Waals surface area contributed by atoms with Crippen LogP contribution in [0.5, 0.6) is 0 Å². The third kappa shape index (κ3) is 6.06. The highest BCUT2D eigenvalue weighted by Crippen LogP contribution is 2.33. The van der Waals surface area contributed by atoms with Crippen LogP contribution in [-0.2, 0) is 6.42 Å². The van der Waals surface area contributed by atoms with E-state index in [2.05, 4.69) is 15.3 Å². The Morgan fingerprint density at radius 3 is 2.22 bits per heavy atom. The summed E-state index contributed by atoms with van der Waals surface area (Å²) in [6.45, 7) is 5.71. The minimum atomic E-state index is -4.29. The van der Waals surface area contributed by atoms with E-state index in [1.54, 1.807) is 36.4 Å². The van der Waals surface area contributed by atoms with Crippen molar-refractivity contribution in [3.63, 3.8) is 0 Å². The number of nitrogens with one attached hydrogen (secondary N) is 2. The monoisotopic (exact) mass is 443 g/mol. The highest BCUT2D eigenvalue weighted by Gasteiger charge is 2.30. The SMILES string of the molecule is CC(C)(C)[C@@H](NC(=O)c1cc(=O)[nH]c(-c2ccccc2)n1)c1ccc(CC(F)(F)F)cc1. The molecule has 0 radical (unpaired) electrons. The van der Waals surface area contributed by atoms with Gasteiger partial charge < -0.3 is 10.3 Å². The normalized spacial score (nSPS) is 12.9. The molecule has 3 rings (SSSR count). The van der Waals surface area contributed by atoms with Crippen LogP contribution in [0, 0.1) is 5.41 Å². The molecule has 0 saturated carbocycles. The minimum Gasteiger partial charge on any atom is -0.343 e. The van der Waals surface area contributed by atoms with E-state index >= 15 is 0 Å². The second-order valence-corrected chi connectivity index (χ2v) is 8.65. The molecule has 0 aliphatic rings. The summed E-state index contributed by atoms with van der Waals surface area (Å²) in [5, 5.41) is 2.89. The molecule has 1 amide bonds. The van der Waals surface area contributed by atoms with E-state index in [1.807, 2.05) is 26.8 Å². The van der Waals surface area contributed by atoms with Gasteiger partial charge in [-0.3, -0.25) is 9.59 Å². The number of halogens is 3. The van der Waals surface area contributed by atoms with Crippen LogP contribution in [0.3, 0.4) is 0 Å². The Bertz CT molecular complexity index is 1130. The Balaban J connectivity index is 1.88. The second-order valence-electron chi connectivity index (χ2n) is 8.65. The Hall–Kier alpha value is -3.42. The first-order chi connectivity index (χ1) is 14.9. The largest absolute Gasteiger partial charge is 0.393 e. The summed E-state index contributed by atoms with van der Waals surface area (Å²) < 4.78 is 37.9. The van der Waals surface area contributed by atoms with Gasteiger partial charge in [-0.05, 0) is 16.5 Å². The van der Waals surface area contributed by atoms with E-state index in [-0.39, 0.29) is 17.1 Å². The summed E-state index contributed by atoms with van der Waals surface area (Å²) in [5.74, 6) is -0.278. The molecule has 168 valence electrons. The molecule has 8 heteroatoms. The molecule has 5 nitrogen and oxygen atoms in total. The number of aromatic amines is 1. The lowest BCUT2D eigenvalue weighted by molar-refractivity contribution is -0.127. The van der Waals surface area contributed by atoms with Gasteiger partial charge in [-0.15, -0.1) is 0 Å². The number of rotatable bonds is 5. The second kappa shape index (κ2) is 8.98. The van der Waals surface area contributed by atoms with Crippen molar-refractivity contribution >= 4 is 5.91 Å². The van der Waals surface area contributed by atoms with Crippen molar-refractivity contribution in [2.75, 3.05) is 0 Å². The van der Waals surface area contributed by atoms with Gasteiger partial charge in [-0.1, -0.05) is 75.4 Å². The Morgan fingerprint density at radius 2 is 1.66 bits per heavy atom. The number of carbonyl (C=O) groups is 1. The van der Waals surface area contributed by atoms with Crippen molar-refractivity contribution in [1.29, 1.82) is 0 Å². The predicted molar refractivity (Wildman–Crippen MR) is 116 cm³/mol. The summed E-state index contributed by atoms with van der Waals surface area (Å²) in [7, 11) is 0. The summed E-state index contributed by atoms with van der Waals surface area (Å²) in [6.07, 6.45) is -5.31. The number of benzene rings is 2. The van der Waals surface area contributed by atoms with E-state index < -0.39 is 35.5 Å². The van der Waals surface area contributed by atoms with E-state index in [1.165, 1.54) is 12.1 Å². The molecule has 32 heavy (non-hydrogen) atoms. The quantitative estimate of drug-likeness (QED) is 0.579. The lowest BCUT2D eigenvalue weighted by atomic mass is 9.82. The van der Waals surface area contributed by atoms with Crippen molar-refractivity contribution in [3.8, 4) is 11.4 Å². The third-order valence-corrected chi connectivity index (χ3v) is 4.88. The van der Waals surface area contributed by atoms with Crippen LogP contribution in [0.4, 0.5) is 13.2 Å². The lowest BCUT2D eigenvalue weighted by Gasteiger charge is -2.32. The van der Waals surface area contributed by atoms with Gasteiger partial charge in [0, 0.05) is 11.6 Å². The number of alkyl halides is 3. The van der Waals surface area contributed by atoms with Gasteiger partial charge >= 0.3 is 6.18 Å². The van der Waals surface area contributed by atoms with Crippen LogP contribution >= 0.6 is 0 Å². The number of amides is 1. The maximum atomic E-state index is 13.0. The Morgan fingerprint density at radius 1 is 1.03 bits per heavy atom. The van der Waals surface area contributed by atoms with Crippen LogP contribution in [0.2, 0.25) is 0 Å². The molecular weight excluding hydrogens is 419 g/mol. The van der Waals surface area contributed by atoms with Gasteiger partial charge in [0.15, 0.2) is 0 Å². The molecule has 0 aliphatic heterocycles. The minimum absolute atomic E-state index is 0.0458. The zero-order valence-electron chi connectivity index (χ0n) is 18.0. The molecule has 0 fully saturated rings. The number of nitrogens with zero attached hydrogens (tertiary/aromatic N) is 1. The molecule has 0 saturated heterocycles. The molecule has 0 spiro atoms. The molecule has 2 aromatic carbocycles. The molecule has 2 N–H and O–H groups in total. The average Bonchev–Trinajstić information content (AvgIpc) is 2.71. The van der Waals surface area contributed by atoms with E-state index in [0.29, 0.717) is 11.1 Å². The average molecular weight is 443 g/mol. The topological polar surface area (TPSA) is 74.8 Å². The van der Waals surface area contributed by atoms with E-state index in [4.69, 9.17) is 0 Å². The molecule has 1 atom stereocenters. The highest BCUT2D eigenvalue weighted by atomic mass is 19.4. The molecular formula is C24H24F3N3O2. The van der Waals surface area contributed by atoms with Crippen molar-refractivity contribution in [3.05, 3.63) is 87.8 Å². The Kier molecular flexibility index (Phi) is 6.52. The van der Waals surface area contributed by atoms with Gasteiger partial charge in [-0.25, -0.2) is 4.98 Å². The number of carbonyl (C=O) groups excluding carboxylic acids is 1. The lowest BCUT2D eigenvalue weighted by Crippen LogP contribution is -2.37. The van der Waals surface area contributed by atoms with Crippen LogP contribution in [0.25, 0.3) is 11.4 Å². The fourth-order valence-corrected chi connectivity index (χ4v) is 3.37. The number of aromatic nitrogens is 2. The van der Waals surface area contributed by atoms with Crippen molar-refractivity contribution in [2.45, 2.75) is 39.4 Å². The summed E-state index contributed by atoms with van der Waals surface area (Å²) >= 11 is 0. The fourth-order valence-electron chi connectivity index (χ4n) is 3.37. The molecule has 1 aromatic heterocycles. The standard InChI is InChI=1S/C24H24F3N3O2/c1-23(2,3)20(16-11-9-15(10-12-16)14-24(25,26)27)30-22(32)18-13-19(31)29-21(28-18)17-7-5-4-6-8-17/h4-13,20H,14H2,1-3H3,(H,30,32)(H,28,29,31)/t20-/m0/s1. The number of hydrogen-bond donors (Lipinski definition) is 2. The maximum absolute atomic E-state index is 13.0. The maximum Gasteiger partial charge on any atom is 0.393 e. The van der Waals surface area contributed by atoms with Gasteiger partial charge in [0.25, 0.3) is 11.5 Å². The first-order valence-corrected chi connectivity index (χ1v) is 10.1. The first kappa shape index (κ1) is 23.2. The summed E-state index contributed by atoms with van der Waals surface area (Å²) in [6, 6.07) is 15.5. The summed E-state index contributed by atoms with van der Waals surface area (Å²) in [5.41, 5.74) is 0.495.